The molecule has 0 saturated carbocycles. The van der Waals surface area contributed by atoms with Crippen molar-refractivity contribution < 1.29 is 4.52 Å². The summed E-state index contributed by atoms with van der Waals surface area (Å²) < 4.78 is 5.16. The van der Waals surface area contributed by atoms with Gasteiger partial charge in [0.1, 0.15) is 12.4 Å². The van der Waals surface area contributed by atoms with Crippen LogP contribution in [0.25, 0.3) is 11.3 Å². The highest BCUT2D eigenvalue weighted by Crippen LogP contribution is 2.31. The Kier molecular flexibility index (Phi) is 2.01. The summed E-state index contributed by atoms with van der Waals surface area (Å²) in [6, 6.07) is 0. The van der Waals surface area contributed by atoms with Gasteiger partial charge in [0.05, 0.1) is 17.5 Å². The van der Waals surface area contributed by atoms with Crippen LogP contribution in [-0.2, 0) is 6.54 Å². The van der Waals surface area contributed by atoms with E-state index in [9.17, 15) is 0 Å². The summed E-state index contributed by atoms with van der Waals surface area (Å²) in [6.07, 6.45) is 3.50. The van der Waals surface area contributed by atoms with Gasteiger partial charge in [0.2, 0.25) is 0 Å². The van der Waals surface area contributed by atoms with Gasteiger partial charge < -0.3 is 10.3 Å². The van der Waals surface area contributed by atoms with Crippen molar-refractivity contribution in [3.8, 4) is 11.3 Å². The summed E-state index contributed by atoms with van der Waals surface area (Å²) >= 11 is 0. The first-order valence-electron chi connectivity index (χ1n) is 5.39. The number of nitrogens with zero attached hydrogens (tertiary/aromatic N) is 3. The maximum atomic E-state index is 5.92. The summed E-state index contributed by atoms with van der Waals surface area (Å²) in [5.74, 6) is 1.28. The van der Waals surface area contributed by atoms with Crippen LogP contribution in [0, 0.1) is 13.8 Å². The third kappa shape index (κ3) is 1.35. The molecule has 3 rings (SSSR count). The van der Waals surface area contributed by atoms with Crippen LogP contribution < -0.4 is 5.73 Å². The second-order valence-corrected chi connectivity index (χ2v) is 4.14. The van der Waals surface area contributed by atoms with Gasteiger partial charge in [-0.15, -0.1) is 0 Å². The van der Waals surface area contributed by atoms with Crippen LogP contribution in [0.15, 0.2) is 15.7 Å². The fourth-order valence-electron chi connectivity index (χ4n) is 1.99. The molecule has 0 aromatic carbocycles. The van der Waals surface area contributed by atoms with E-state index in [1.54, 1.807) is 6.20 Å². The molecule has 0 atom stereocenters. The van der Waals surface area contributed by atoms with Crippen molar-refractivity contribution >= 4 is 12.0 Å². The topological polar surface area (TPSA) is 77.3 Å². The smallest absolute Gasteiger partial charge is 0.167 e. The molecule has 5 nitrogen and oxygen atoms in total. The van der Waals surface area contributed by atoms with Crippen LogP contribution in [0.2, 0.25) is 0 Å². The second-order valence-electron chi connectivity index (χ2n) is 4.14. The number of nitrogens with two attached hydrogens (primary N) is 1. The lowest BCUT2D eigenvalue weighted by molar-refractivity contribution is 0.386. The highest BCUT2D eigenvalue weighted by Gasteiger charge is 2.20. The Labute approximate surface area is 98.4 Å². The van der Waals surface area contributed by atoms with Gasteiger partial charge in [0, 0.05) is 11.8 Å². The number of aromatic nitrogens is 2. The van der Waals surface area contributed by atoms with Crippen molar-refractivity contribution in [1.29, 1.82) is 0 Å². The van der Waals surface area contributed by atoms with E-state index in [0.717, 1.165) is 33.7 Å². The summed E-state index contributed by atoms with van der Waals surface area (Å²) in [7, 11) is 0. The molecule has 0 saturated heterocycles. The number of hydrogen-bond acceptors (Lipinski definition) is 5. The molecular formula is C12H12N4O. The monoisotopic (exact) mass is 228 g/mol. The Balaban J connectivity index is 2.39. The molecule has 0 spiro atoms. The first-order chi connectivity index (χ1) is 8.18. The van der Waals surface area contributed by atoms with E-state index in [2.05, 4.69) is 15.1 Å². The van der Waals surface area contributed by atoms with Gasteiger partial charge in [0.15, 0.2) is 5.76 Å². The van der Waals surface area contributed by atoms with Crippen molar-refractivity contribution in [2.75, 3.05) is 5.73 Å². The van der Waals surface area contributed by atoms with E-state index in [1.165, 1.54) is 0 Å². The molecule has 2 aromatic heterocycles. The average Bonchev–Trinajstić information content (AvgIpc) is 2.71. The summed E-state index contributed by atoms with van der Waals surface area (Å²) in [4.78, 5) is 8.75. The van der Waals surface area contributed by atoms with Crippen molar-refractivity contribution in [2.45, 2.75) is 20.4 Å². The fourth-order valence-corrected chi connectivity index (χ4v) is 1.99. The number of pyridine rings is 1. The SMILES string of the molecule is Cc1c(N)nc2c(c1C)C=NCc1oncc1-2. The van der Waals surface area contributed by atoms with Crippen LogP contribution in [0.3, 0.4) is 0 Å². The quantitative estimate of drug-likeness (QED) is 0.746. The zero-order chi connectivity index (χ0) is 12.0. The van der Waals surface area contributed by atoms with Gasteiger partial charge in [-0.05, 0) is 25.0 Å². The number of fused-ring (bicyclic) bond motifs is 3. The summed E-state index contributed by atoms with van der Waals surface area (Å²) in [5, 5.41) is 3.80. The number of aliphatic imine (C=N–C) groups is 1. The molecule has 1 aliphatic rings. The van der Waals surface area contributed by atoms with Crippen LogP contribution >= 0.6 is 0 Å². The number of nitrogen functional groups attached to an aromatic ring is 1. The Morgan fingerprint density at radius 2 is 2.12 bits per heavy atom. The largest absolute Gasteiger partial charge is 0.383 e. The Morgan fingerprint density at radius 1 is 1.29 bits per heavy atom. The van der Waals surface area contributed by atoms with E-state index in [0.29, 0.717) is 12.4 Å². The maximum Gasteiger partial charge on any atom is 0.167 e. The molecule has 0 amide bonds. The molecule has 1 aliphatic heterocycles. The van der Waals surface area contributed by atoms with Gasteiger partial charge in [-0.25, -0.2) is 4.98 Å². The van der Waals surface area contributed by atoms with E-state index >= 15 is 0 Å². The Bertz CT molecular complexity index is 628. The van der Waals surface area contributed by atoms with Gasteiger partial charge in [0.25, 0.3) is 0 Å². The molecule has 0 bridgehead atoms. The van der Waals surface area contributed by atoms with E-state index in [4.69, 9.17) is 10.3 Å². The molecule has 2 aromatic rings. The molecule has 0 aliphatic carbocycles. The van der Waals surface area contributed by atoms with Crippen LogP contribution in [0.1, 0.15) is 22.5 Å². The minimum absolute atomic E-state index is 0.490. The molecule has 2 N–H and O–H groups in total. The Morgan fingerprint density at radius 3 is 2.94 bits per heavy atom. The summed E-state index contributed by atoms with van der Waals surface area (Å²) in [6.45, 7) is 4.48. The molecule has 17 heavy (non-hydrogen) atoms. The highest BCUT2D eigenvalue weighted by atomic mass is 16.5. The average molecular weight is 228 g/mol. The molecule has 3 heterocycles. The van der Waals surface area contributed by atoms with Crippen LogP contribution in [-0.4, -0.2) is 16.4 Å². The zero-order valence-electron chi connectivity index (χ0n) is 9.69. The molecule has 86 valence electrons. The van der Waals surface area contributed by atoms with E-state index < -0.39 is 0 Å². The van der Waals surface area contributed by atoms with Crippen LogP contribution in [0.4, 0.5) is 5.82 Å². The predicted molar refractivity (Wildman–Crippen MR) is 64.9 cm³/mol. The van der Waals surface area contributed by atoms with Crippen molar-refractivity contribution in [2.24, 2.45) is 4.99 Å². The Hall–Kier alpha value is -2.17. The standard InChI is InChI=1S/C12H12N4O/c1-6-7(2)12(13)16-11-8(6)3-14-5-10-9(11)4-15-17-10/h3-4H,5H2,1-2H3,(H2,13,16). The number of hydrogen-bond donors (Lipinski definition) is 1. The second kappa shape index (κ2) is 3.41. The molecule has 0 fully saturated rings. The number of rotatable bonds is 0. The summed E-state index contributed by atoms with van der Waals surface area (Å²) in [5.41, 5.74) is 10.7. The zero-order valence-corrected chi connectivity index (χ0v) is 9.69. The first-order valence-corrected chi connectivity index (χ1v) is 5.39. The minimum atomic E-state index is 0.490. The van der Waals surface area contributed by atoms with Gasteiger partial charge in [-0.1, -0.05) is 5.16 Å². The lowest BCUT2D eigenvalue weighted by Gasteiger charge is -2.10. The van der Waals surface area contributed by atoms with E-state index in [1.807, 2.05) is 20.1 Å². The lowest BCUT2D eigenvalue weighted by atomic mass is 10.00. The predicted octanol–water partition coefficient (Wildman–Crippen LogP) is 1.87. The molecule has 5 heteroatoms. The molecule has 0 radical (unpaired) electrons. The first kappa shape index (κ1) is 10.0. The minimum Gasteiger partial charge on any atom is -0.383 e. The number of anilines is 1. The van der Waals surface area contributed by atoms with Gasteiger partial charge in [-0.2, -0.15) is 0 Å². The lowest BCUT2D eigenvalue weighted by Crippen LogP contribution is -2.03. The van der Waals surface area contributed by atoms with Crippen molar-refractivity contribution in [3.63, 3.8) is 0 Å². The van der Waals surface area contributed by atoms with Gasteiger partial charge in [-0.3, -0.25) is 4.99 Å². The van der Waals surface area contributed by atoms with E-state index in [-0.39, 0.29) is 0 Å². The van der Waals surface area contributed by atoms with Crippen molar-refractivity contribution in [3.05, 3.63) is 28.6 Å². The van der Waals surface area contributed by atoms with Gasteiger partial charge >= 0.3 is 0 Å². The normalized spacial score (nSPS) is 13.1. The maximum absolute atomic E-state index is 5.92. The molecular weight excluding hydrogens is 216 g/mol. The fraction of sp³-hybridized carbons (Fsp3) is 0.250. The van der Waals surface area contributed by atoms with Crippen LogP contribution in [0.5, 0.6) is 0 Å². The third-order valence-corrected chi connectivity index (χ3v) is 3.19. The molecule has 0 unspecified atom stereocenters. The van der Waals surface area contributed by atoms with Crippen molar-refractivity contribution in [1.82, 2.24) is 10.1 Å². The third-order valence-electron chi connectivity index (χ3n) is 3.19. The highest BCUT2D eigenvalue weighted by molar-refractivity contribution is 5.93.